The Labute approximate surface area is 548 Å². The molecule has 2 spiro atoms. The van der Waals surface area contributed by atoms with E-state index in [0.717, 1.165) is 68.9 Å². The molecule has 7 N–H and O–H groups in total. The number of fused-ring (bicyclic) bond motifs is 18. The minimum absolute atomic E-state index is 0.00898. The van der Waals surface area contributed by atoms with E-state index in [-0.39, 0.29) is 18.4 Å². The summed E-state index contributed by atoms with van der Waals surface area (Å²) in [7, 11) is 0. The van der Waals surface area contributed by atoms with Crippen molar-refractivity contribution >= 4 is 45.7 Å². The molecule has 0 saturated carbocycles. The molecule has 0 amide bonds. The van der Waals surface area contributed by atoms with Crippen molar-refractivity contribution in [2.24, 2.45) is 10.7 Å². The second kappa shape index (κ2) is 22.4. The van der Waals surface area contributed by atoms with Gasteiger partial charge in [-0.25, -0.2) is 4.99 Å². The first-order valence-electron chi connectivity index (χ1n) is 32.8. The molecule has 0 fully saturated rings. The molecule has 3 heterocycles. The van der Waals surface area contributed by atoms with Crippen LogP contribution in [0.5, 0.6) is 0 Å². The van der Waals surface area contributed by atoms with Crippen LogP contribution < -0.4 is 31.5 Å². The van der Waals surface area contributed by atoms with Crippen molar-refractivity contribution in [2.75, 3.05) is 9.80 Å². The molecule has 94 heavy (non-hydrogen) atoms. The van der Waals surface area contributed by atoms with Crippen molar-refractivity contribution in [2.45, 2.75) is 35.7 Å². The summed E-state index contributed by atoms with van der Waals surface area (Å²) < 4.78 is 0. The summed E-state index contributed by atoms with van der Waals surface area (Å²) in [5.74, 6) is 0.886. The van der Waals surface area contributed by atoms with Gasteiger partial charge in [0.05, 0.1) is 33.6 Å². The molecular formula is C87H67N7+2. The van der Waals surface area contributed by atoms with Crippen LogP contribution in [0.25, 0.3) is 28.0 Å². The van der Waals surface area contributed by atoms with E-state index in [0.29, 0.717) is 0 Å². The Morgan fingerprint density at radius 1 is 0.426 bits per heavy atom. The first kappa shape index (κ1) is 55.2. The SMILES string of the molecule is NC(=CC([NH2+]Cc1ccccc1)c1ccccc1)c1ccc2c(c1)-c1ccccc1C21c2ccccc2N(c2ccccc2)c2cc3c(cc21)N(c1ccccc1)c1ccccc1C31c2ccccc2-c2cc(C3N=C(c4ccccc4)NC(c4ccccc4)[NH2+]3)ccc21. The topological polar surface area (TPSA) is 90.1 Å². The Morgan fingerprint density at radius 3 is 1.46 bits per heavy atom. The Balaban J connectivity index is 0.879. The molecule has 7 nitrogen and oxygen atoms in total. The zero-order chi connectivity index (χ0) is 62.3. The Bertz CT molecular complexity index is 5130. The molecule has 5 unspecified atom stereocenters. The monoisotopic (exact) mass is 1210 g/mol. The summed E-state index contributed by atoms with van der Waals surface area (Å²) in [6.45, 7) is 0.820. The lowest BCUT2D eigenvalue weighted by Gasteiger charge is -2.49. The summed E-state index contributed by atoms with van der Waals surface area (Å²) in [4.78, 5) is 10.6. The highest BCUT2D eigenvalue weighted by Crippen LogP contribution is 2.69. The highest BCUT2D eigenvalue weighted by molar-refractivity contribution is 6.03. The number of nitrogens with one attached hydrogen (secondary N) is 1. The maximum absolute atomic E-state index is 7.45. The van der Waals surface area contributed by atoms with E-state index in [1.807, 2.05) is 0 Å². The molecule has 0 radical (unpaired) electrons. The van der Waals surface area contributed by atoms with Crippen LogP contribution in [0.15, 0.2) is 339 Å². The molecule has 2 aliphatic carbocycles. The van der Waals surface area contributed by atoms with E-state index in [9.17, 15) is 0 Å². The first-order valence-corrected chi connectivity index (χ1v) is 32.8. The first-order chi connectivity index (χ1) is 46.5. The van der Waals surface area contributed by atoms with Gasteiger partial charge in [0.25, 0.3) is 0 Å². The molecule has 0 bridgehead atoms. The lowest BCUT2D eigenvalue weighted by molar-refractivity contribution is -0.739. The number of hydrogen-bond acceptors (Lipinski definition) is 5. The summed E-state index contributed by atoms with van der Waals surface area (Å²) in [5.41, 5.74) is 34.9. The van der Waals surface area contributed by atoms with E-state index in [1.165, 1.54) is 83.5 Å². The van der Waals surface area contributed by atoms with Gasteiger partial charge in [-0.3, -0.25) is 5.32 Å². The zero-order valence-electron chi connectivity index (χ0n) is 51.8. The fourth-order valence-corrected chi connectivity index (χ4v) is 16.4. The Morgan fingerprint density at radius 2 is 0.883 bits per heavy atom. The normalized spacial score (nSPS) is 18.7. The number of para-hydroxylation sites is 4. The van der Waals surface area contributed by atoms with Gasteiger partial charge in [0.2, 0.25) is 6.17 Å². The number of nitrogens with two attached hydrogens (primary N) is 3. The summed E-state index contributed by atoms with van der Waals surface area (Å²) in [6, 6.07) is 121. The summed E-state index contributed by atoms with van der Waals surface area (Å²) >= 11 is 0. The molecule has 13 aromatic rings. The van der Waals surface area contributed by atoms with Crippen LogP contribution in [-0.2, 0) is 17.4 Å². The van der Waals surface area contributed by atoms with Gasteiger partial charge < -0.3 is 26.2 Å². The molecule has 448 valence electrons. The average Bonchev–Trinajstić information content (AvgIpc) is 1.39. The van der Waals surface area contributed by atoms with Crippen LogP contribution in [0.2, 0.25) is 0 Å². The Hall–Kier alpha value is -11.6. The van der Waals surface area contributed by atoms with Crippen molar-refractivity contribution in [1.29, 1.82) is 0 Å². The number of hydrogen-bond donors (Lipinski definition) is 4. The van der Waals surface area contributed by atoms with Crippen LogP contribution in [0.3, 0.4) is 0 Å². The van der Waals surface area contributed by atoms with Crippen molar-refractivity contribution in [1.82, 2.24) is 5.32 Å². The van der Waals surface area contributed by atoms with Crippen LogP contribution in [0.4, 0.5) is 34.1 Å². The van der Waals surface area contributed by atoms with Crippen LogP contribution >= 0.6 is 0 Å². The van der Waals surface area contributed by atoms with Crippen LogP contribution in [0, 0.1) is 0 Å². The third kappa shape index (κ3) is 8.55. The number of rotatable bonds is 11. The smallest absolute Gasteiger partial charge is 0.209 e. The maximum atomic E-state index is 7.45. The van der Waals surface area contributed by atoms with E-state index < -0.39 is 10.8 Å². The Kier molecular flexibility index (Phi) is 13.1. The number of nitrogens with zero attached hydrogens (tertiary/aromatic N) is 3. The largest absolute Gasteiger partial charge is 0.398 e. The summed E-state index contributed by atoms with van der Waals surface area (Å²) in [5, 5.41) is 8.58. The average molecular weight is 1210 g/mol. The van der Waals surface area contributed by atoms with Crippen molar-refractivity contribution in [3.05, 3.63) is 412 Å². The fourth-order valence-electron chi connectivity index (χ4n) is 16.4. The molecule has 0 aromatic heterocycles. The van der Waals surface area contributed by atoms with Crippen molar-refractivity contribution < 1.29 is 10.6 Å². The fraction of sp³-hybridized carbons (Fsp3) is 0.0690. The molecule has 3 aliphatic heterocycles. The number of aliphatic imine (C=N–C) groups is 1. The molecule has 18 rings (SSSR count). The molecular weight excluding hydrogens is 1140 g/mol. The lowest BCUT2D eigenvalue weighted by Crippen LogP contribution is -2.90. The number of amidine groups is 1. The van der Waals surface area contributed by atoms with Gasteiger partial charge in [0, 0.05) is 51.0 Å². The van der Waals surface area contributed by atoms with Gasteiger partial charge >= 0.3 is 0 Å². The molecule has 5 atom stereocenters. The molecule has 5 aliphatic rings. The van der Waals surface area contributed by atoms with E-state index >= 15 is 0 Å². The predicted molar refractivity (Wildman–Crippen MR) is 381 cm³/mol. The quantitative estimate of drug-likeness (QED) is 0.104. The van der Waals surface area contributed by atoms with Gasteiger partial charge in [0.15, 0.2) is 6.17 Å². The molecule has 13 aromatic carbocycles. The van der Waals surface area contributed by atoms with Crippen molar-refractivity contribution in [3.63, 3.8) is 0 Å². The van der Waals surface area contributed by atoms with Gasteiger partial charge in [-0.2, -0.15) is 0 Å². The number of anilines is 6. The molecule has 7 heteroatoms. The lowest BCUT2D eigenvalue weighted by atomic mass is 9.61. The van der Waals surface area contributed by atoms with Gasteiger partial charge in [-0.05, 0) is 133 Å². The van der Waals surface area contributed by atoms with Gasteiger partial charge in [0.1, 0.15) is 18.4 Å². The molecule has 0 saturated heterocycles. The second-order valence-corrected chi connectivity index (χ2v) is 25.4. The highest BCUT2D eigenvalue weighted by atomic mass is 15.3. The van der Waals surface area contributed by atoms with E-state index in [4.69, 9.17) is 10.7 Å². The summed E-state index contributed by atoms with van der Waals surface area (Å²) in [6.07, 6.45) is 1.97. The maximum Gasteiger partial charge on any atom is 0.209 e. The second-order valence-electron chi connectivity index (χ2n) is 25.4. The van der Waals surface area contributed by atoms with E-state index in [2.05, 4.69) is 359 Å². The zero-order valence-corrected chi connectivity index (χ0v) is 51.8. The van der Waals surface area contributed by atoms with Gasteiger partial charge in [-0.15, -0.1) is 0 Å². The van der Waals surface area contributed by atoms with Gasteiger partial charge in [-0.1, -0.05) is 267 Å². The third-order valence-corrected chi connectivity index (χ3v) is 20.5. The third-order valence-electron chi connectivity index (χ3n) is 20.5. The minimum atomic E-state index is -0.778. The number of benzene rings is 13. The standard InChI is InChI=1S/C87H65N7/c88-77(55-78(58-29-9-2-10-30-58)89-56-57-27-7-1-8-28-57)61-47-49-71-67(51-61)65-39-19-21-41-69(65)86(71)73-43-23-25-45-79(73)93(63-35-15-5-16-36-63)81-54-76-82(53-75(81)86)94(64-37-17-6-18-38-64)80-46-26-24-44-74(80)87(76)70-42-22-20-40-66(70)68-52-62(48-50-72(68)87)85-91-83(59-31-11-3-12-32-59)90-84(92-85)60-33-13-4-14-34-60/h1-55,78,83,85,89,91H,56,88H2,(H,90,92)/p+2. The highest BCUT2D eigenvalue weighted by Gasteiger charge is 2.56. The van der Waals surface area contributed by atoms with Crippen LogP contribution in [-0.4, -0.2) is 5.84 Å². The van der Waals surface area contributed by atoms with Crippen LogP contribution in [0.1, 0.15) is 96.3 Å². The van der Waals surface area contributed by atoms with E-state index in [1.54, 1.807) is 0 Å². The minimum Gasteiger partial charge on any atom is -0.398 e. The van der Waals surface area contributed by atoms with Crippen molar-refractivity contribution in [3.8, 4) is 22.3 Å². The number of quaternary nitrogens is 2. The predicted octanol–water partition coefficient (Wildman–Crippen LogP) is 17.1.